The van der Waals surface area contributed by atoms with Crippen molar-refractivity contribution in [2.24, 2.45) is 0 Å². The molecule has 0 unspecified atom stereocenters. The molecule has 0 radical (unpaired) electrons. The van der Waals surface area contributed by atoms with Gasteiger partial charge < -0.3 is 16.0 Å². The SMILES string of the molecule is CC(C)(C)c1ccc(Br)cc1.Cc1ccc2c(c1)[nH]c1ccc(C(C)(C)C)cc12.Cc1cccc(N)c1.Cc1cccc(Nc2ccc(C(C)(C)C)cc2)c1. The zero-order valence-electron chi connectivity index (χ0n) is 35.2. The fourth-order valence-electron chi connectivity index (χ4n) is 6.05. The lowest BCUT2D eigenvalue weighted by Gasteiger charge is -2.19. The van der Waals surface area contributed by atoms with Crippen LogP contribution in [-0.2, 0) is 16.2 Å². The average molecular weight is 797 g/mol. The van der Waals surface area contributed by atoms with E-state index in [0.717, 1.165) is 21.5 Å². The summed E-state index contributed by atoms with van der Waals surface area (Å²) in [5.74, 6) is 0. The maximum Gasteiger partial charge on any atom is 0.0467 e. The maximum atomic E-state index is 5.46. The van der Waals surface area contributed by atoms with Crippen LogP contribution in [0, 0.1) is 20.8 Å². The molecule has 0 amide bonds. The van der Waals surface area contributed by atoms with Crippen molar-refractivity contribution in [3.8, 4) is 0 Å². The highest BCUT2D eigenvalue weighted by Gasteiger charge is 2.16. The summed E-state index contributed by atoms with van der Waals surface area (Å²) in [7, 11) is 0. The van der Waals surface area contributed by atoms with Gasteiger partial charge in [0.05, 0.1) is 0 Å². The van der Waals surface area contributed by atoms with Crippen molar-refractivity contribution in [2.75, 3.05) is 11.1 Å². The lowest BCUT2D eigenvalue weighted by Crippen LogP contribution is -2.10. The summed E-state index contributed by atoms with van der Waals surface area (Å²) in [6.45, 7) is 26.4. The second kappa shape index (κ2) is 18.2. The molecule has 4 heteroatoms. The Balaban J connectivity index is 0.000000171. The molecular formula is C51H62BrN3. The van der Waals surface area contributed by atoms with E-state index in [1.165, 1.54) is 55.2 Å². The fourth-order valence-corrected chi connectivity index (χ4v) is 6.31. The summed E-state index contributed by atoms with van der Waals surface area (Å²) in [6.07, 6.45) is 0. The number of anilines is 3. The van der Waals surface area contributed by atoms with Crippen molar-refractivity contribution in [1.29, 1.82) is 0 Å². The predicted octanol–water partition coefficient (Wildman–Crippen LogP) is 15.3. The molecule has 7 aromatic rings. The second-order valence-electron chi connectivity index (χ2n) is 17.7. The molecule has 3 nitrogen and oxygen atoms in total. The number of nitrogen functional groups attached to an aromatic ring is 1. The number of benzene rings is 6. The molecule has 0 saturated heterocycles. The van der Waals surface area contributed by atoms with Crippen molar-refractivity contribution >= 4 is 54.8 Å². The van der Waals surface area contributed by atoms with Crippen LogP contribution in [-0.4, -0.2) is 4.98 Å². The number of aryl methyl sites for hydroxylation is 3. The Labute approximate surface area is 339 Å². The standard InChI is InChI=1S/C17H19N.C17H21N.C10H13Br.C7H9N/c1-11-5-7-13-14-10-12(17(2,3)4)6-8-15(14)18-16(13)9-11;1-13-6-5-7-16(12-13)18-15-10-8-14(9-11-15)17(2,3)4;1-10(2,3)8-4-6-9(11)7-5-8;1-6-3-2-4-7(8)5-6/h5-10,18H,1-4H3;5-12,18H,1-4H3;4-7H,1-3H3;2-5H,8H2,1H3. The van der Waals surface area contributed by atoms with Gasteiger partial charge in [-0.1, -0.05) is 145 Å². The summed E-state index contributed by atoms with van der Waals surface area (Å²) in [5.41, 5.74) is 19.6. The first kappa shape index (κ1) is 42.9. The Bertz CT molecular complexity index is 2260. The summed E-state index contributed by atoms with van der Waals surface area (Å²) in [4.78, 5) is 3.50. The van der Waals surface area contributed by atoms with E-state index in [1.807, 2.05) is 31.2 Å². The third-order valence-corrected chi connectivity index (χ3v) is 9.96. The van der Waals surface area contributed by atoms with Gasteiger partial charge in [-0.25, -0.2) is 0 Å². The van der Waals surface area contributed by atoms with E-state index in [4.69, 9.17) is 5.73 Å². The average Bonchev–Trinajstić information content (AvgIpc) is 3.45. The molecule has 7 rings (SSSR count). The molecule has 55 heavy (non-hydrogen) atoms. The topological polar surface area (TPSA) is 53.8 Å². The Morgan fingerprint density at radius 1 is 0.455 bits per heavy atom. The fraction of sp³-hybridized carbons (Fsp3) is 0.294. The van der Waals surface area contributed by atoms with Crippen molar-refractivity contribution < 1.29 is 0 Å². The minimum Gasteiger partial charge on any atom is -0.399 e. The number of aromatic amines is 1. The Hall–Kier alpha value is -4.80. The van der Waals surface area contributed by atoms with E-state index in [0.29, 0.717) is 0 Å². The molecule has 0 spiro atoms. The zero-order valence-corrected chi connectivity index (χ0v) is 36.7. The largest absolute Gasteiger partial charge is 0.399 e. The smallest absolute Gasteiger partial charge is 0.0467 e. The molecule has 6 aromatic carbocycles. The zero-order chi connectivity index (χ0) is 40.6. The van der Waals surface area contributed by atoms with Gasteiger partial charge in [-0.2, -0.15) is 0 Å². The molecule has 0 aliphatic carbocycles. The van der Waals surface area contributed by atoms with Gasteiger partial charge >= 0.3 is 0 Å². The summed E-state index contributed by atoms with van der Waals surface area (Å²) in [6, 6.07) is 46.7. The molecule has 0 atom stereocenters. The van der Waals surface area contributed by atoms with E-state index >= 15 is 0 Å². The van der Waals surface area contributed by atoms with Crippen LogP contribution in [0.3, 0.4) is 0 Å². The Kier molecular flexibility index (Phi) is 14.2. The number of hydrogen-bond acceptors (Lipinski definition) is 2. The van der Waals surface area contributed by atoms with Crippen molar-refractivity contribution in [3.63, 3.8) is 0 Å². The number of aromatic nitrogens is 1. The molecular weight excluding hydrogens is 734 g/mol. The van der Waals surface area contributed by atoms with E-state index in [2.05, 4.69) is 212 Å². The number of fused-ring (bicyclic) bond motifs is 3. The molecule has 0 aliphatic rings. The van der Waals surface area contributed by atoms with Gasteiger partial charge in [0.1, 0.15) is 0 Å². The summed E-state index contributed by atoms with van der Waals surface area (Å²) >= 11 is 3.41. The highest BCUT2D eigenvalue weighted by Crippen LogP contribution is 2.31. The van der Waals surface area contributed by atoms with Gasteiger partial charge in [-0.05, 0) is 137 Å². The van der Waals surface area contributed by atoms with Crippen LogP contribution in [0.15, 0.2) is 138 Å². The summed E-state index contributed by atoms with van der Waals surface area (Å²) < 4.78 is 1.14. The number of H-pyrrole nitrogens is 1. The third kappa shape index (κ3) is 13.2. The maximum absolute atomic E-state index is 5.46. The quantitative estimate of drug-likeness (QED) is 0.153. The van der Waals surface area contributed by atoms with Gasteiger partial charge in [0.2, 0.25) is 0 Å². The minimum absolute atomic E-state index is 0.197. The lowest BCUT2D eigenvalue weighted by atomic mass is 9.86. The first-order chi connectivity index (χ1) is 25.7. The molecule has 0 saturated carbocycles. The van der Waals surface area contributed by atoms with Crippen molar-refractivity contribution in [1.82, 2.24) is 4.98 Å². The number of hydrogen-bond donors (Lipinski definition) is 3. The molecule has 1 heterocycles. The minimum atomic E-state index is 0.197. The van der Waals surface area contributed by atoms with Crippen LogP contribution in [0.5, 0.6) is 0 Å². The number of nitrogens with two attached hydrogens (primary N) is 1. The molecule has 1 aromatic heterocycles. The highest BCUT2D eigenvalue weighted by atomic mass is 79.9. The van der Waals surface area contributed by atoms with Gasteiger partial charge in [0, 0.05) is 43.3 Å². The van der Waals surface area contributed by atoms with E-state index in [9.17, 15) is 0 Å². The molecule has 4 N–H and O–H groups in total. The van der Waals surface area contributed by atoms with Crippen LogP contribution >= 0.6 is 15.9 Å². The van der Waals surface area contributed by atoms with Crippen LogP contribution in [0.4, 0.5) is 17.1 Å². The van der Waals surface area contributed by atoms with Crippen LogP contribution < -0.4 is 11.1 Å². The van der Waals surface area contributed by atoms with Crippen molar-refractivity contribution in [2.45, 2.75) is 99.3 Å². The highest BCUT2D eigenvalue weighted by molar-refractivity contribution is 9.10. The molecule has 0 aliphatic heterocycles. The van der Waals surface area contributed by atoms with Gasteiger partial charge in [0.25, 0.3) is 0 Å². The van der Waals surface area contributed by atoms with E-state index in [1.54, 1.807) is 0 Å². The van der Waals surface area contributed by atoms with Crippen LogP contribution in [0.2, 0.25) is 0 Å². The van der Waals surface area contributed by atoms with Gasteiger partial charge in [-0.3, -0.25) is 0 Å². The van der Waals surface area contributed by atoms with Crippen LogP contribution in [0.1, 0.15) is 95.7 Å². The van der Waals surface area contributed by atoms with Crippen LogP contribution in [0.25, 0.3) is 21.8 Å². The van der Waals surface area contributed by atoms with Crippen molar-refractivity contribution in [3.05, 3.63) is 171 Å². The Morgan fingerprint density at radius 2 is 0.964 bits per heavy atom. The third-order valence-electron chi connectivity index (χ3n) is 9.43. The number of nitrogens with one attached hydrogen (secondary N) is 2. The first-order valence-corrected chi connectivity index (χ1v) is 20.0. The molecule has 0 bridgehead atoms. The molecule has 0 fully saturated rings. The summed E-state index contributed by atoms with van der Waals surface area (Å²) in [5, 5.41) is 6.08. The normalized spacial score (nSPS) is 11.4. The second-order valence-corrected chi connectivity index (χ2v) is 18.6. The monoisotopic (exact) mass is 795 g/mol. The first-order valence-electron chi connectivity index (χ1n) is 19.2. The van der Waals surface area contributed by atoms with Gasteiger partial charge in [-0.15, -0.1) is 0 Å². The number of halogens is 1. The van der Waals surface area contributed by atoms with E-state index < -0.39 is 0 Å². The predicted molar refractivity (Wildman–Crippen MR) is 247 cm³/mol. The lowest BCUT2D eigenvalue weighted by molar-refractivity contribution is 0.590. The molecule has 288 valence electrons. The number of rotatable bonds is 2. The Morgan fingerprint density at radius 3 is 1.47 bits per heavy atom. The van der Waals surface area contributed by atoms with Gasteiger partial charge in [0.15, 0.2) is 0 Å². The van der Waals surface area contributed by atoms with E-state index in [-0.39, 0.29) is 16.2 Å².